The molecule has 10 heteroatoms. The van der Waals surface area contributed by atoms with Crippen molar-refractivity contribution in [1.82, 2.24) is 35.3 Å². The number of rotatable bonds is 7. The van der Waals surface area contributed by atoms with Crippen LogP contribution in [0.2, 0.25) is 0 Å². The summed E-state index contributed by atoms with van der Waals surface area (Å²) in [6, 6.07) is 5.66. The molecular formula is C21H30FN7O2. The van der Waals surface area contributed by atoms with Gasteiger partial charge in [-0.15, -0.1) is 5.10 Å². The molecule has 3 rings (SSSR count). The molecule has 1 aliphatic heterocycles. The van der Waals surface area contributed by atoms with Crippen molar-refractivity contribution in [3.63, 3.8) is 0 Å². The Bertz CT molecular complexity index is 901. The molecule has 9 nitrogen and oxygen atoms in total. The molecule has 31 heavy (non-hydrogen) atoms. The van der Waals surface area contributed by atoms with Crippen molar-refractivity contribution in [1.29, 1.82) is 0 Å². The van der Waals surface area contributed by atoms with Crippen LogP contribution in [0.25, 0.3) is 0 Å². The maximum absolute atomic E-state index is 13.7. The van der Waals surface area contributed by atoms with Crippen molar-refractivity contribution < 1.29 is 14.0 Å². The van der Waals surface area contributed by atoms with E-state index in [9.17, 15) is 14.0 Å². The lowest BCUT2D eigenvalue weighted by molar-refractivity contribution is -0.135. The molecule has 1 fully saturated rings. The standard InChI is InChI=1S/C21H30FN7O2/c1-15(2)23-20(30)14-27-8-5-9-28(11-10-27)21(31)19(29-16(3)24-25-26-29)13-17-6-4-7-18(22)12-17/h4,6-7,12,15,19H,5,8-11,13-14H2,1-3H3,(H,23,30)/t19-/m1/s1. The molecule has 1 N–H and O–H groups in total. The topological polar surface area (TPSA) is 96.2 Å². The van der Waals surface area contributed by atoms with Crippen molar-refractivity contribution >= 4 is 11.8 Å². The molecule has 2 amide bonds. The van der Waals surface area contributed by atoms with Crippen LogP contribution >= 0.6 is 0 Å². The summed E-state index contributed by atoms with van der Waals surface area (Å²) in [4.78, 5) is 29.4. The summed E-state index contributed by atoms with van der Waals surface area (Å²) in [5.74, 6) is 0.0648. The summed E-state index contributed by atoms with van der Waals surface area (Å²) in [5, 5.41) is 14.5. The van der Waals surface area contributed by atoms with Crippen molar-refractivity contribution in [2.24, 2.45) is 0 Å². The van der Waals surface area contributed by atoms with E-state index < -0.39 is 6.04 Å². The maximum atomic E-state index is 13.7. The first-order valence-electron chi connectivity index (χ1n) is 10.6. The van der Waals surface area contributed by atoms with Crippen LogP contribution in [0.1, 0.15) is 37.7 Å². The quantitative estimate of drug-likeness (QED) is 0.702. The lowest BCUT2D eigenvalue weighted by atomic mass is 10.0. The number of nitrogens with zero attached hydrogens (tertiary/aromatic N) is 6. The van der Waals surface area contributed by atoms with E-state index in [4.69, 9.17) is 0 Å². The predicted octanol–water partition coefficient (Wildman–Crippen LogP) is 0.963. The number of hydrogen-bond donors (Lipinski definition) is 1. The average Bonchev–Trinajstić information content (AvgIpc) is 2.99. The Kier molecular flexibility index (Phi) is 7.67. The Hall–Kier alpha value is -2.88. The molecule has 0 radical (unpaired) electrons. The third-order valence-corrected chi connectivity index (χ3v) is 5.27. The van der Waals surface area contributed by atoms with Gasteiger partial charge in [-0.2, -0.15) is 0 Å². The molecule has 0 aliphatic carbocycles. The minimum Gasteiger partial charge on any atom is -0.353 e. The van der Waals surface area contributed by atoms with Crippen molar-refractivity contribution in [3.8, 4) is 0 Å². The van der Waals surface area contributed by atoms with Crippen LogP contribution in [0, 0.1) is 12.7 Å². The average molecular weight is 432 g/mol. The molecule has 1 atom stereocenters. The summed E-state index contributed by atoms with van der Waals surface area (Å²) in [7, 11) is 0. The number of benzene rings is 1. The van der Waals surface area contributed by atoms with Gasteiger partial charge in [-0.3, -0.25) is 14.5 Å². The highest BCUT2D eigenvalue weighted by Gasteiger charge is 2.30. The van der Waals surface area contributed by atoms with Gasteiger partial charge in [-0.05, 0) is 55.3 Å². The highest BCUT2D eigenvalue weighted by molar-refractivity contribution is 5.81. The number of aromatic nitrogens is 4. The zero-order chi connectivity index (χ0) is 22.4. The van der Waals surface area contributed by atoms with Crippen LogP contribution in [0.4, 0.5) is 4.39 Å². The number of carbonyl (C=O) groups is 2. The smallest absolute Gasteiger partial charge is 0.247 e. The highest BCUT2D eigenvalue weighted by atomic mass is 19.1. The second kappa shape index (κ2) is 10.4. The predicted molar refractivity (Wildman–Crippen MR) is 113 cm³/mol. The van der Waals surface area contributed by atoms with Gasteiger partial charge in [-0.1, -0.05) is 12.1 Å². The van der Waals surface area contributed by atoms with Gasteiger partial charge in [0.25, 0.3) is 0 Å². The minimum atomic E-state index is -0.660. The maximum Gasteiger partial charge on any atom is 0.247 e. The molecule has 0 spiro atoms. The van der Waals surface area contributed by atoms with Crippen molar-refractivity contribution in [3.05, 3.63) is 41.5 Å². The first-order chi connectivity index (χ1) is 14.8. The number of aryl methyl sites for hydroxylation is 1. The fourth-order valence-electron chi connectivity index (χ4n) is 3.82. The van der Waals surface area contributed by atoms with Gasteiger partial charge in [0.1, 0.15) is 17.7 Å². The Morgan fingerprint density at radius 2 is 2.00 bits per heavy atom. The number of halogens is 1. The number of nitrogens with one attached hydrogen (secondary N) is 1. The zero-order valence-electron chi connectivity index (χ0n) is 18.3. The van der Waals surface area contributed by atoms with E-state index in [1.807, 2.05) is 13.8 Å². The molecule has 1 aromatic heterocycles. The van der Waals surface area contributed by atoms with Gasteiger partial charge in [0.2, 0.25) is 11.8 Å². The SMILES string of the molecule is Cc1nnnn1[C@H](Cc1cccc(F)c1)C(=O)N1CCCN(CC(=O)NC(C)C)CC1. The monoisotopic (exact) mass is 431 g/mol. The fraction of sp³-hybridized carbons (Fsp3) is 0.571. The molecule has 2 aromatic rings. The summed E-state index contributed by atoms with van der Waals surface area (Å²) >= 11 is 0. The van der Waals surface area contributed by atoms with Gasteiger partial charge >= 0.3 is 0 Å². The van der Waals surface area contributed by atoms with E-state index in [0.717, 1.165) is 13.0 Å². The molecule has 0 bridgehead atoms. The molecular weight excluding hydrogens is 401 g/mol. The van der Waals surface area contributed by atoms with E-state index in [-0.39, 0.29) is 23.7 Å². The number of tetrazole rings is 1. The molecule has 0 saturated carbocycles. The van der Waals surface area contributed by atoms with Gasteiger partial charge in [-0.25, -0.2) is 9.07 Å². The summed E-state index contributed by atoms with van der Waals surface area (Å²) in [5.41, 5.74) is 0.704. The highest BCUT2D eigenvalue weighted by Crippen LogP contribution is 2.19. The lowest BCUT2D eigenvalue weighted by Crippen LogP contribution is -2.43. The Morgan fingerprint density at radius 3 is 2.68 bits per heavy atom. The third-order valence-electron chi connectivity index (χ3n) is 5.27. The first kappa shape index (κ1) is 22.8. The van der Waals surface area contributed by atoms with Crippen LogP contribution in [-0.2, 0) is 16.0 Å². The Morgan fingerprint density at radius 1 is 1.19 bits per heavy atom. The number of amides is 2. The van der Waals surface area contributed by atoms with Gasteiger partial charge in [0, 0.05) is 38.6 Å². The van der Waals surface area contributed by atoms with Gasteiger partial charge < -0.3 is 10.2 Å². The van der Waals surface area contributed by atoms with E-state index >= 15 is 0 Å². The molecule has 1 aromatic carbocycles. The second-order valence-electron chi connectivity index (χ2n) is 8.20. The normalized spacial score (nSPS) is 16.2. The third kappa shape index (κ3) is 6.30. The minimum absolute atomic E-state index is 0.0110. The van der Waals surface area contributed by atoms with E-state index in [1.54, 1.807) is 24.0 Å². The summed E-state index contributed by atoms with van der Waals surface area (Å²) in [6.07, 6.45) is 1.06. The number of carbonyl (C=O) groups excluding carboxylic acids is 2. The van der Waals surface area contributed by atoms with Gasteiger partial charge in [0.05, 0.1) is 6.54 Å². The lowest BCUT2D eigenvalue weighted by Gasteiger charge is -2.27. The van der Waals surface area contributed by atoms with Crippen LogP contribution in [0.3, 0.4) is 0 Å². The molecule has 1 aliphatic rings. The second-order valence-corrected chi connectivity index (χ2v) is 8.20. The summed E-state index contributed by atoms with van der Waals surface area (Å²) < 4.78 is 15.2. The van der Waals surface area contributed by atoms with Crippen molar-refractivity contribution in [2.45, 2.75) is 45.7 Å². The zero-order valence-corrected chi connectivity index (χ0v) is 18.3. The van der Waals surface area contributed by atoms with E-state index in [1.165, 1.54) is 16.8 Å². The number of hydrogen-bond acceptors (Lipinski definition) is 6. The van der Waals surface area contributed by atoms with E-state index in [2.05, 4.69) is 25.7 Å². The Labute approximate surface area is 181 Å². The van der Waals surface area contributed by atoms with Crippen LogP contribution < -0.4 is 5.32 Å². The van der Waals surface area contributed by atoms with Crippen LogP contribution in [0.15, 0.2) is 24.3 Å². The molecule has 1 saturated heterocycles. The molecule has 2 heterocycles. The molecule has 0 unspecified atom stereocenters. The van der Waals surface area contributed by atoms with Crippen LogP contribution in [0.5, 0.6) is 0 Å². The fourth-order valence-corrected chi connectivity index (χ4v) is 3.82. The Balaban J connectivity index is 1.71. The van der Waals surface area contributed by atoms with Crippen molar-refractivity contribution in [2.75, 3.05) is 32.7 Å². The van der Waals surface area contributed by atoms with E-state index in [0.29, 0.717) is 44.0 Å². The van der Waals surface area contributed by atoms with Gasteiger partial charge in [0.15, 0.2) is 0 Å². The summed E-state index contributed by atoms with van der Waals surface area (Å²) in [6.45, 7) is 8.37. The van der Waals surface area contributed by atoms with Crippen LogP contribution in [-0.4, -0.2) is 80.6 Å². The first-order valence-corrected chi connectivity index (χ1v) is 10.6. The largest absolute Gasteiger partial charge is 0.353 e. The molecule has 168 valence electrons.